The van der Waals surface area contributed by atoms with Crippen LogP contribution in [0.15, 0.2) is 54.6 Å². The number of benzene rings is 2. The van der Waals surface area contributed by atoms with E-state index in [2.05, 4.69) is 31.2 Å². The molecule has 1 N–H and O–H groups in total. The van der Waals surface area contributed by atoms with Crippen LogP contribution in [0.3, 0.4) is 0 Å². The highest BCUT2D eigenvalue weighted by molar-refractivity contribution is 5.86. The van der Waals surface area contributed by atoms with Crippen LogP contribution in [0.2, 0.25) is 0 Å². The first-order valence-electron chi connectivity index (χ1n) is 7.65. The maximum Gasteiger partial charge on any atom is 0.0977 e. The van der Waals surface area contributed by atoms with Crippen LogP contribution in [0.1, 0.15) is 50.7 Å². The van der Waals surface area contributed by atoms with Gasteiger partial charge in [0.05, 0.1) is 6.10 Å². The molecule has 0 unspecified atom stereocenters. The summed E-state index contributed by atoms with van der Waals surface area (Å²) in [6, 6.07) is 14.3. The Morgan fingerprint density at radius 2 is 1.80 bits per heavy atom. The fourth-order valence-corrected chi connectivity index (χ4v) is 2.53. The molecule has 2 aromatic carbocycles. The smallest absolute Gasteiger partial charge is 0.0977 e. The summed E-state index contributed by atoms with van der Waals surface area (Å²) in [6.07, 6.45) is 9.66. The molecule has 0 aliphatic heterocycles. The number of rotatable bonds is 7. The first kappa shape index (κ1) is 14.8. The number of aliphatic hydroxyl groups excluding tert-OH is 1. The molecular weight excluding hydrogens is 244 g/mol. The van der Waals surface area contributed by atoms with Gasteiger partial charge in [-0.15, -0.1) is 0 Å². The second-order valence-corrected chi connectivity index (χ2v) is 5.29. The SMILES string of the molecule is CCCCCC/C=C/[C@@H](O)c1cccc2ccccc12. The zero-order valence-corrected chi connectivity index (χ0v) is 12.3. The molecule has 0 aromatic heterocycles. The largest absolute Gasteiger partial charge is 0.384 e. The van der Waals surface area contributed by atoms with Crippen LogP contribution in [-0.2, 0) is 0 Å². The molecule has 0 aliphatic carbocycles. The van der Waals surface area contributed by atoms with Crippen molar-refractivity contribution in [2.24, 2.45) is 0 Å². The van der Waals surface area contributed by atoms with Crippen LogP contribution >= 0.6 is 0 Å². The van der Waals surface area contributed by atoms with E-state index in [1.165, 1.54) is 31.1 Å². The summed E-state index contributed by atoms with van der Waals surface area (Å²) >= 11 is 0. The highest BCUT2D eigenvalue weighted by Gasteiger charge is 2.06. The molecule has 0 aliphatic rings. The molecule has 0 amide bonds. The number of unbranched alkanes of at least 4 members (excludes halogenated alkanes) is 4. The van der Waals surface area contributed by atoms with Crippen LogP contribution in [0.25, 0.3) is 10.8 Å². The quantitative estimate of drug-likeness (QED) is 0.526. The van der Waals surface area contributed by atoms with Gasteiger partial charge in [0.25, 0.3) is 0 Å². The van der Waals surface area contributed by atoms with Crippen molar-refractivity contribution in [1.82, 2.24) is 0 Å². The van der Waals surface area contributed by atoms with Crippen LogP contribution in [0.4, 0.5) is 0 Å². The summed E-state index contributed by atoms with van der Waals surface area (Å²) in [4.78, 5) is 0. The van der Waals surface area contributed by atoms with Gasteiger partial charge in [-0.05, 0) is 29.2 Å². The summed E-state index contributed by atoms with van der Waals surface area (Å²) in [6.45, 7) is 2.22. The summed E-state index contributed by atoms with van der Waals surface area (Å²) in [5.74, 6) is 0. The van der Waals surface area contributed by atoms with Crippen molar-refractivity contribution in [3.05, 3.63) is 60.2 Å². The van der Waals surface area contributed by atoms with Crippen molar-refractivity contribution in [2.75, 3.05) is 0 Å². The van der Waals surface area contributed by atoms with E-state index in [1.54, 1.807) is 0 Å². The van der Waals surface area contributed by atoms with Crippen molar-refractivity contribution in [3.8, 4) is 0 Å². The number of hydrogen-bond acceptors (Lipinski definition) is 1. The van der Waals surface area contributed by atoms with Gasteiger partial charge in [-0.25, -0.2) is 0 Å². The van der Waals surface area contributed by atoms with Crippen molar-refractivity contribution in [1.29, 1.82) is 0 Å². The molecule has 0 bridgehead atoms. The Morgan fingerprint density at radius 1 is 1.00 bits per heavy atom. The minimum absolute atomic E-state index is 0.507. The second kappa shape index (κ2) is 7.86. The molecule has 106 valence electrons. The predicted molar refractivity (Wildman–Crippen MR) is 86.8 cm³/mol. The minimum atomic E-state index is -0.507. The monoisotopic (exact) mass is 268 g/mol. The zero-order chi connectivity index (χ0) is 14.2. The molecule has 1 nitrogen and oxygen atoms in total. The van der Waals surface area contributed by atoms with Crippen molar-refractivity contribution in [2.45, 2.75) is 45.1 Å². The van der Waals surface area contributed by atoms with Crippen LogP contribution in [-0.4, -0.2) is 5.11 Å². The average molecular weight is 268 g/mol. The molecule has 1 heteroatoms. The van der Waals surface area contributed by atoms with Gasteiger partial charge in [0.15, 0.2) is 0 Å². The molecular formula is C19H24O. The van der Waals surface area contributed by atoms with E-state index in [0.717, 1.165) is 17.4 Å². The average Bonchev–Trinajstić information content (AvgIpc) is 2.50. The molecule has 0 heterocycles. The van der Waals surface area contributed by atoms with Gasteiger partial charge in [0.2, 0.25) is 0 Å². The third-order valence-electron chi connectivity index (χ3n) is 3.68. The summed E-state index contributed by atoms with van der Waals surface area (Å²) < 4.78 is 0. The highest BCUT2D eigenvalue weighted by Crippen LogP contribution is 2.25. The van der Waals surface area contributed by atoms with E-state index in [4.69, 9.17) is 0 Å². The van der Waals surface area contributed by atoms with Gasteiger partial charge < -0.3 is 5.11 Å². The van der Waals surface area contributed by atoms with Crippen LogP contribution in [0, 0.1) is 0 Å². The lowest BCUT2D eigenvalue weighted by Gasteiger charge is -2.10. The fourth-order valence-electron chi connectivity index (χ4n) is 2.53. The Balaban J connectivity index is 2.00. The topological polar surface area (TPSA) is 20.2 Å². The second-order valence-electron chi connectivity index (χ2n) is 5.29. The molecule has 0 saturated heterocycles. The number of fused-ring (bicyclic) bond motifs is 1. The van der Waals surface area contributed by atoms with Gasteiger partial charge in [-0.2, -0.15) is 0 Å². The molecule has 20 heavy (non-hydrogen) atoms. The lowest BCUT2D eigenvalue weighted by atomic mass is 10.00. The standard InChI is InChI=1S/C19H24O/c1-2-3-4-5-6-7-15-19(20)18-14-10-12-16-11-8-9-13-17(16)18/h7-15,19-20H,2-6H2,1H3/b15-7+/t19-/m1/s1. The number of aliphatic hydroxyl groups is 1. The van der Waals surface area contributed by atoms with E-state index >= 15 is 0 Å². The van der Waals surface area contributed by atoms with Gasteiger partial charge in [-0.1, -0.05) is 80.8 Å². The lowest BCUT2D eigenvalue weighted by molar-refractivity contribution is 0.230. The predicted octanol–water partition coefficient (Wildman–Crippen LogP) is 5.40. The lowest BCUT2D eigenvalue weighted by Crippen LogP contribution is -1.94. The Bertz CT molecular complexity index is 551. The van der Waals surface area contributed by atoms with Crippen LogP contribution < -0.4 is 0 Å². The van der Waals surface area contributed by atoms with Gasteiger partial charge >= 0.3 is 0 Å². The van der Waals surface area contributed by atoms with Gasteiger partial charge in [0, 0.05) is 0 Å². The van der Waals surface area contributed by atoms with Gasteiger partial charge in [0.1, 0.15) is 0 Å². The Hall–Kier alpha value is -1.60. The Labute approximate surface area is 122 Å². The van der Waals surface area contributed by atoms with Crippen molar-refractivity contribution >= 4 is 10.8 Å². The number of hydrogen-bond donors (Lipinski definition) is 1. The van der Waals surface area contributed by atoms with E-state index in [-0.39, 0.29) is 0 Å². The maximum absolute atomic E-state index is 10.3. The van der Waals surface area contributed by atoms with Crippen LogP contribution in [0.5, 0.6) is 0 Å². The minimum Gasteiger partial charge on any atom is -0.384 e. The van der Waals surface area contributed by atoms with E-state index < -0.39 is 6.10 Å². The third-order valence-corrected chi connectivity index (χ3v) is 3.68. The van der Waals surface area contributed by atoms with Crippen molar-refractivity contribution < 1.29 is 5.11 Å². The molecule has 2 aromatic rings. The van der Waals surface area contributed by atoms with E-state index in [1.807, 2.05) is 30.3 Å². The maximum atomic E-state index is 10.3. The molecule has 0 fully saturated rings. The fraction of sp³-hybridized carbons (Fsp3) is 0.368. The first-order valence-corrected chi connectivity index (χ1v) is 7.65. The summed E-state index contributed by atoms with van der Waals surface area (Å²) in [5, 5.41) is 12.7. The Kier molecular flexibility index (Phi) is 5.82. The highest BCUT2D eigenvalue weighted by atomic mass is 16.3. The van der Waals surface area contributed by atoms with Gasteiger partial charge in [-0.3, -0.25) is 0 Å². The van der Waals surface area contributed by atoms with Crippen molar-refractivity contribution in [3.63, 3.8) is 0 Å². The normalized spacial score (nSPS) is 13.1. The summed E-state index contributed by atoms with van der Waals surface area (Å²) in [7, 11) is 0. The zero-order valence-electron chi connectivity index (χ0n) is 12.3. The third kappa shape index (κ3) is 3.94. The Morgan fingerprint density at radius 3 is 2.65 bits per heavy atom. The molecule has 0 spiro atoms. The van der Waals surface area contributed by atoms with E-state index in [9.17, 15) is 5.11 Å². The molecule has 2 rings (SSSR count). The molecule has 0 radical (unpaired) electrons. The summed E-state index contributed by atoms with van der Waals surface area (Å²) in [5.41, 5.74) is 0.993. The molecule has 1 atom stereocenters. The van der Waals surface area contributed by atoms with E-state index in [0.29, 0.717) is 0 Å². The number of allylic oxidation sites excluding steroid dienone is 1. The molecule has 0 saturated carbocycles. The first-order chi connectivity index (χ1) is 9.83.